The molecule has 0 aliphatic carbocycles. The van der Waals surface area contributed by atoms with E-state index in [-0.39, 0.29) is 11.2 Å². The van der Waals surface area contributed by atoms with E-state index in [1.807, 2.05) is 13.8 Å². The molecule has 0 saturated heterocycles. The molecule has 0 fully saturated rings. The third-order valence-corrected chi connectivity index (χ3v) is 4.46. The van der Waals surface area contributed by atoms with E-state index in [4.69, 9.17) is 16.3 Å². The Bertz CT molecular complexity index is 444. The van der Waals surface area contributed by atoms with Crippen LogP contribution >= 0.6 is 23.4 Å². The van der Waals surface area contributed by atoms with Crippen molar-refractivity contribution in [3.63, 3.8) is 0 Å². The zero-order chi connectivity index (χ0) is 14.5. The Morgan fingerprint density at radius 2 is 2.37 bits per heavy atom. The maximum absolute atomic E-state index is 11.8. The second-order valence-corrected chi connectivity index (χ2v) is 6.33. The molecule has 0 spiro atoms. The number of halogens is 1. The highest BCUT2D eigenvalue weighted by molar-refractivity contribution is 7.99. The standard InChI is InChI=1S/C13H19ClN2O2S/c1-9(8-13(2,15-3)12(17)18-4)19-11-10(14)6-5-7-16-11/h5-7,9,15H,8H2,1-4H3. The van der Waals surface area contributed by atoms with Crippen molar-refractivity contribution in [2.24, 2.45) is 0 Å². The summed E-state index contributed by atoms with van der Waals surface area (Å²) >= 11 is 7.62. The summed E-state index contributed by atoms with van der Waals surface area (Å²) in [4.78, 5) is 16.0. The van der Waals surface area contributed by atoms with Gasteiger partial charge < -0.3 is 10.1 Å². The maximum Gasteiger partial charge on any atom is 0.325 e. The first-order valence-electron chi connectivity index (χ1n) is 5.97. The zero-order valence-corrected chi connectivity index (χ0v) is 13.1. The Labute approximate surface area is 123 Å². The van der Waals surface area contributed by atoms with Gasteiger partial charge in [-0.15, -0.1) is 11.8 Å². The highest BCUT2D eigenvalue weighted by Crippen LogP contribution is 2.31. The molecule has 2 unspecified atom stereocenters. The van der Waals surface area contributed by atoms with E-state index in [0.717, 1.165) is 5.03 Å². The lowest BCUT2D eigenvalue weighted by Gasteiger charge is -2.28. The average Bonchev–Trinajstić information content (AvgIpc) is 2.40. The molecule has 0 aromatic carbocycles. The number of aromatic nitrogens is 1. The molecular weight excluding hydrogens is 284 g/mol. The number of pyridine rings is 1. The summed E-state index contributed by atoms with van der Waals surface area (Å²) in [5, 5.41) is 4.60. The summed E-state index contributed by atoms with van der Waals surface area (Å²) in [5.41, 5.74) is -0.706. The summed E-state index contributed by atoms with van der Waals surface area (Å²) in [7, 11) is 3.15. The molecule has 1 aromatic heterocycles. The zero-order valence-electron chi connectivity index (χ0n) is 11.6. The third-order valence-electron chi connectivity index (χ3n) is 2.92. The monoisotopic (exact) mass is 302 g/mol. The number of hydrogen-bond donors (Lipinski definition) is 1. The van der Waals surface area contributed by atoms with Crippen LogP contribution in [0.4, 0.5) is 0 Å². The van der Waals surface area contributed by atoms with E-state index in [0.29, 0.717) is 11.4 Å². The summed E-state index contributed by atoms with van der Waals surface area (Å²) in [5.74, 6) is -0.269. The maximum atomic E-state index is 11.8. The van der Waals surface area contributed by atoms with Crippen LogP contribution in [0, 0.1) is 0 Å². The molecule has 0 bridgehead atoms. The predicted molar refractivity (Wildman–Crippen MR) is 78.7 cm³/mol. The number of nitrogens with zero attached hydrogens (tertiary/aromatic N) is 1. The van der Waals surface area contributed by atoms with Gasteiger partial charge in [-0.1, -0.05) is 18.5 Å². The molecule has 1 N–H and O–H groups in total. The Hall–Kier alpha value is -0.780. The lowest BCUT2D eigenvalue weighted by Crippen LogP contribution is -2.49. The molecule has 0 aliphatic heterocycles. The minimum absolute atomic E-state index is 0.170. The number of esters is 1. The smallest absolute Gasteiger partial charge is 0.325 e. The first kappa shape index (κ1) is 16.3. The van der Waals surface area contributed by atoms with Crippen molar-refractivity contribution in [3.8, 4) is 0 Å². The van der Waals surface area contributed by atoms with Gasteiger partial charge in [0.15, 0.2) is 0 Å². The average molecular weight is 303 g/mol. The van der Waals surface area contributed by atoms with Gasteiger partial charge in [-0.25, -0.2) is 4.98 Å². The second-order valence-electron chi connectivity index (χ2n) is 4.50. The van der Waals surface area contributed by atoms with E-state index in [9.17, 15) is 4.79 Å². The van der Waals surface area contributed by atoms with Crippen molar-refractivity contribution >= 4 is 29.3 Å². The molecule has 106 valence electrons. The van der Waals surface area contributed by atoms with Gasteiger partial charge in [0.05, 0.1) is 12.1 Å². The van der Waals surface area contributed by atoms with Crippen LogP contribution in [0.2, 0.25) is 5.02 Å². The molecular formula is C13H19ClN2O2S. The van der Waals surface area contributed by atoms with Crippen molar-refractivity contribution in [2.75, 3.05) is 14.2 Å². The first-order chi connectivity index (χ1) is 8.92. The van der Waals surface area contributed by atoms with Gasteiger partial charge in [-0.05, 0) is 32.5 Å². The van der Waals surface area contributed by atoms with Gasteiger partial charge >= 0.3 is 5.97 Å². The summed E-state index contributed by atoms with van der Waals surface area (Å²) in [6.45, 7) is 3.87. The molecule has 1 heterocycles. The molecule has 0 aliphatic rings. The lowest BCUT2D eigenvalue weighted by atomic mass is 9.96. The van der Waals surface area contributed by atoms with Crippen LogP contribution in [0.5, 0.6) is 0 Å². The molecule has 1 aromatic rings. The third kappa shape index (κ3) is 4.37. The van der Waals surface area contributed by atoms with Crippen molar-refractivity contribution in [1.82, 2.24) is 10.3 Å². The Balaban J connectivity index is 2.71. The van der Waals surface area contributed by atoms with Crippen molar-refractivity contribution in [3.05, 3.63) is 23.4 Å². The van der Waals surface area contributed by atoms with Crippen LogP contribution in [-0.4, -0.2) is 35.9 Å². The van der Waals surface area contributed by atoms with Gasteiger partial charge in [-0.3, -0.25) is 4.79 Å². The van der Waals surface area contributed by atoms with Gasteiger partial charge in [0, 0.05) is 11.4 Å². The number of thioether (sulfide) groups is 1. The summed E-state index contributed by atoms with van der Waals surface area (Å²) in [6.07, 6.45) is 2.33. The highest BCUT2D eigenvalue weighted by atomic mass is 35.5. The number of likely N-dealkylation sites (N-methyl/N-ethyl adjacent to an activating group) is 1. The van der Waals surface area contributed by atoms with Gasteiger partial charge in [-0.2, -0.15) is 0 Å². The topological polar surface area (TPSA) is 51.2 Å². The van der Waals surface area contributed by atoms with Crippen LogP contribution < -0.4 is 5.32 Å². The van der Waals surface area contributed by atoms with E-state index >= 15 is 0 Å². The second kappa shape index (κ2) is 7.12. The van der Waals surface area contributed by atoms with Crippen LogP contribution in [0.3, 0.4) is 0 Å². The number of hydrogen-bond acceptors (Lipinski definition) is 5. The number of carbonyl (C=O) groups is 1. The fourth-order valence-electron chi connectivity index (χ4n) is 1.78. The molecule has 4 nitrogen and oxygen atoms in total. The molecule has 0 radical (unpaired) electrons. The number of nitrogens with one attached hydrogen (secondary N) is 1. The predicted octanol–water partition coefficient (Wildman–Crippen LogP) is 2.76. The van der Waals surface area contributed by atoms with Gasteiger partial charge in [0.1, 0.15) is 10.6 Å². The summed E-state index contributed by atoms with van der Waals surface area (Å²) in [6, 6.07) is 3.60. The fourth-order valence-corrected chi connectivity index (χ4v) is 3.13. The van der Waals surface area contributed by atoms with E-state index in [2.05, 4.69) is 10.3 Å². The van der Waals surface area contributed by atoms with Crippen LogP contribution in [0.25, 0.3) is 0 Å². The van der Waals surface area contributed by atoms with Crippen LogP contribution in [-0.2, 0) is 9.53 Å². The Morgan fingerprint density at radius 1 is 1.68 bits per heavy atom. The number of ether oxygens (including phenoxy) is 1. The largest absolute Gasteiger partial charge is 0.468 e. The highest BCUT2D eigenvalue weighted by Gasteiger charge is 2.34. The van der Waals surface area contributed by atoms with Crippen LogP contribution in [0.15, 0.2) is 23.4 Å². The molecule has 6 heteroatoms. The van der Waals surface area contributed by atoms with Crippen LogP contribution in [0.1, 0.15) is 20.3 Å². The van der Waals surface area contributed by atoms with Crippen molar-refractivity contribution in [2.45, 2.75) is 36.1 Å². The minimum Gasteiger partial charge on any atom is -0.468 e. The number of methoxy groups -OCH3 is 1. The lowest BCUT2D eigenvalue weighted by molar-refractivity contribution is -0.147. The minimum atomic E-state index is -0.706. The van der Waals surface area contributed by atoms with Crippen molar-refractivity contribution < 1.29 is 9.53 Å². The first-order valence-corrected chi connectivity index (χ1v) is 7.23. The number of rotatable bonds is 6. The van der Waals surface area contributed by atoms with Gasteiger partial charge in [0.2, 0.25) is 0 Å². The Morgan fingerprint density at radius 3 is 2.89 bits per heavy atom. The van der Waals surface area contributed by atoms with E-state index < -0.39 is 5.54 Å². The Kier molecular flexibility index (Phi) is 6.10. The fraction of sp³-hybridized carbons (Fsp3) is 0.538. The molecule has 2 atom stereocenters. The van der Waals surface area contributed by atoms with Gasteiger partial charge in [0.25, 0.3) is 0 Å². The normalized spacial score (nSPS) is 15.6. The molecule has 19 heavy (non-hydrogen) atoms. The van der Waals surface area contributed by atoms with Crippen molar-refractivity contribution in [1.29, 1.82) is 0 Å². The molecule has 1 rings (SSSR count). The quantitative estimate of drug-likeness (QED) is 0.647. The SMILES string of the molecule is CNC(C)(CC(C)Sc1ncccc1Cl)C(=O)OC. The number of carbonyl (C=O) groups excluding carboxylic acids is 1. The summed E-state index contributed by atoms with van der Waals surface area (Å²) < 4.78 is 4.83. The molecule has 0 amide bonds. The molecule has 0 saturated carbocycles. The van der Waals surface area contributed by atoms with E-state index in [1.165, 1.54) is 7.11 Å². The van der Waals surface area contributed by atoms with E-state index in [1.54, 1.807) is 37.1 Å².